The minimum Gasteiger partial charge on any atom is -0.367 e. The van der Waals surface area contributed by atoms with E-state index in [1.807, 2.05) is 0 Å². The van der Waals surface area contributed by atoms with Gasteiger partial charge in [-0.3, -0.25) is 19.7 Å². The molecule has 0 aliphatic carbocycles. The Morgan fingerprint density at radius 3 is 2.19 bits per heavy atom. The lowest BCUT2D eigenvalue weighted by atomic mass is 10.1. The summed E-state index contributed by atoms with van der Waals surface area (Å²) in [5.74, 6) is -2.47. The Morgan fingerprint density at radius 1 is 1.00 bits per heavy atom. The maximum Gasteiger partial charge on any atom is 0.471 e. The first-order valence-corrected chi connectivity index (χ1v) is 9.89. The van der Waals surface area contributed by atoms with E-state index >= 15 is 0 Å². The summed E-state index contributed by atoms with van der Waals surface area (Å²) >= 11 is 12.3. The number of nitro groups is 1. The van der Waals surface area contributed by atoms with Crippen LogP contribution < -0.4 is 10.2 Å². The van der Waals surface area contributed by atoms with Crippen LogP contribution in [-0.4, -0.2) is 54.0 Å². The lowest BCUT2D eigenvalue weighted by Gasteiger charge is -2.36. The first-order chi connectivity index (χ1) is 15.0. The highest BCUT2D eigenvalue weighted by Gasteiger charge is 2.43. The van der Waals surface area contributed by atoms with Crippen molar-refractivity contribution in [3.63, 3.8) is 0 Å². The largest absolute Gasteiger partial charge is 0.471 e. The normalized spacial score (nSPS) is 14.3. The summed E-state index contributed by atoms with van der Waals surface area (Å²) in [6.07, 6.45) is -4.91. The first kappa shape index (κ1) is 23.6. The fourth-order valence-electron chi connectivity index (χ4n) is 3.17. The SMILES string of the molecule is O=C(Nc1ccc(N2CCN(C(=O)C(F)(F)F)CC2)c(Cl)c1)c1ccc([N+](=O)[O-])cc1Cl. The fourth-order valence-corrected chi connectivity index (χ4v) is 3.73. The maximum atomic E-state index is 12.6. The van der Waals surface area contributed by atoms with Gasteiger partial charge < -0.3 is 15.1 Å². The molecule has 2 aromatic carbocycles. The second-order valence-corrected chi connectivity index (χ2v) is 7.63. The summed E-state index contributed by atoms with van der Waals surface area (Å²) in [4.78, 5) is 36.4. The number of nitro benzene ring substituents is 1. The lowest BCUT2D eigenvalue weighted by Crippen LogP contribution is -2.52. The number of rotatable bonds is 4. The van der Waals surface area contributed by atoms with Gasteiger partial charge in [-0.15, -0.1) is 0 Å². The molecule has 13 heteroatoms. The molecule has 32 heavy (non-hydrogen) atoms. The number of hydrogen-bond acceptors (Lipinski definition) is 5. The molecule has 0 atom stereocenters. The van der Waals surface area contributed by atoms with Crippen molar-refractivity contribution in [2.45, 2.75) is 6.18 Å². The van der Waals surface area contributed by atoms with Gasteiger partial charge >= 0.3 is 12.1 Å². The van der Waals surface area contributed by atoms with Gasteiger partial charge in [0.15, 0.2) is 0 Å². The zero-order valence-electron chi connectivity index (χ0n) is 16.2. The monoisotopic (exact) mass is 490 g/mol. The smallest absolute Gasteiger partial charge is 0.367 e. The second kappa shape index (κ2) is 9.21. The molecule has 1 saturated heterocycles. The van der Waals surface area contributed by atoms with E-state index in [1.165, 1.54) is 12.1 Å². The van der Waals surface area contributed by atoms with Gasteiger partial charge in [-0.25, -0.2) is 0 Å². The first-order valence-electron chi connectivity index (χ1n) is 9.13. The van der Waals surface area contributed by atoms with Gasteiger partial charge in [0.2, 0.25) is 0 Å². The Bertz CT molecular complexity index is 1070. The van der Waals surface area contributed by atoms with Crippen LogP contribution >= 0.6 is 23.2 Å². The highest BCUT2D eigenvalue weighted by atomic mass is 35.5. The van der Waals surface area contributed by atoms with E-state index in [9.17, 15) is 32.9 Å². The van der Waals surface area contributed by atoms with Crippen LogP contribution in [0.15, 0.2) is 36.4 Å². The van der Waals surface area contributed by atoms with Gasteiger partial charge in [0, 0.05) is 44.0 Å². The van der Waals surface area contributed by atoms with Crippen molar-refractivity contribution in [1.29, 1.82) is 0 Å². The minimum atomic E-state index is -4.91. The number of anilines is 2. The van der Waals surface area contributed by atoms with Crippen molar-refractivity contribution >= 4 is 52.1 Å². The number of alkyl halides is 3. The topological polar surface area (TPSA) is 95.8 Å². The van der Waals surface area contributed by atoms with Gasteiger partial charge in [0.25, 0.3) is 11.6 Å². The minimum absolute atomic E-state index is 0.0305. The Balaban J connectivity index is 1.67. The summed E-state index contributed by atoms with van der Waals surface area (Å²) < 4.78 is 37.7. The number of non-ortho nitro benzene ring substituents is 1. The Kier molecular flexibility index (Phi) is 6.79. The van der Waals surface area contributed by atoms with Crippen LogP contribution in [0.4, 0.5) is 30.2 Å². The van der Waals surface area contributed by atoms with Crippen LogP contribution in [0.25, 0.3) is 0 Å². The van der Waals surface area contributed by atoms with Gasteiger partial charge in [-0.2, -0.15) is 13.2 Å². The van der Waals surface area contributed by atoms with Crippen LogP contribution in [-0.2, 0) is 4.79 Å². The van der Waals surface area contributed by atoms with E-state index in [2.05, 4.69) is 5.32 Å². The molecular weight excluding hydrogens is 476 g/mol. The Hall–Kier alpha value is -3.05. The number of carbonyl (C=O) groups excluding carboxylic acids is 2. The van der Waals surface area contributed by atoms with Crippen molar-refractivity contribution in [2.24, 2.45) is 0 Å². The number of hydrogen-bond donors (Lipinski definition) is 1. The van der Waals surface area contributed by atoms with E-state index in [1.54, 1.807) is 17.0 Å². The molecule has 0 bridgehead atoms. The molecule has 8 nitrogen and oxygen atoms in total. The number of amides is 2. The van der Waals surface area contributed by atoms with Gasteiger partial charge in [0.1, 0.15) is 0 Å². The third kappa shape index (κ3) is 5.22. The van der Waals surface area contributed by atoms with E-state index in [0.29, 0.717) is 11.4 Å². The lowest BCUT2D eigenvalue weighted by molar-refractivity contribution is -0.384. The van der Waals surface area contributed by atoms with Gasteiger partial charge in [-0.05, 0) is 24.3 Å². The number of nitrogens with one attached hydrogen (secondary N) is 1. The molecule has 1 heterocycles. The van der Waals surface area contributed by atoms with Gasteiger partial charge in [-0.1, -0.05) is 23.2 Å². The highest BCUT2D eigenvalue weighted by molar-refractivity contribution is 6.35. The molecule has 0 unspecified atom stereocenters. The zero-order valence-corrected chi connectivity index (χ0v) is 17.7. The van der Waals surface area contributed by atoms with Crippen molar-refractivity contribution in [3.8, 4) is 0 Å². The average molecular weight is 491 g/mol. The van der Waals surface area contributed by atoms with Crippen LogP contribution in [0.5, 0.6) is 0 Å². The number of halogens is 5. The molecule has 1 aliphatic heterocycles. The number of benzene rings is 2. The number of piperazine rings is 1. The van der Waals surface area contributed by atoms with E-state index < -0.39 is 22.9 Å². The summed E-state index contributed by atoms with van der Waals surface area (Å²) in [5.41, 5.74) is 0.639. The van der Waals surface area contributed by atoms with E-state index in [0.717, 1.165) is 17.0 Å². The molecule has 2 amide bonds. The maximum absolute atomic E-state index is 12.6. The molecule has 0 aromatic heterocycles. The Labute approximate surface area is 189 Å². The highest BCUT2D eigenvalue weighted by Crippen LogP contribution is 2.31. The molecule has 3 rings (SSSR count). The standard InChI is InChI=1S/C19H15Cl2F3N4O4/c20-14-10-12(28(31)32)2-3-13(14)17(29)25-11-1-4-16(15(21)9-11)26-5-7-27(8-6-26)18(30)19(22,23)24/h1-4,9-10H,5-8H2,(H,25,29). The van der Waals surface area contributed by atoms with Gasteiger partial charge in [0.05, 0.1) is 26.2 Å². The van der Waals surface area contributed by atoms with Crippen LogP contribution in [0.1, 0.15) is 10.4 Å². The van der Waals surface area contributed by atoms with Crippen molar-refractivity contribution < 1.29 is 27.7 Å². The fraction of sp³-hybridized carbons (Fsp3) is 0.263. The van der Waals surface area contributed by atoms with Crippen molar-refractivity contribution in [3.05, 3.63) is 62.1 Å². The molecule has 1 fully saturated rings. The molecular formula is C19H15Cl2F3N4O4. The van der Waals surface area contributed by atoms with Crippen LogP contribution in [0.3, 0.4) is 0 Å². The predicted octanol–water partition coefficient (Wildman–Crippen LogP) is 4.36. The van der Waals surface area contributed by atoms with Crippen LogP contribution in [0.2, 0.25) is 10.0 Å². The Morgan fingerprint density at radius 2 is 1.66 bits per heavy atom. The van der Waals surface area contributed by atoms with E-state index in [-0.39, 0.29) is 47.5 Å². The zero-order chi connectivity index (χ0) is 23.6. The number of carbonyl (C=O) groups is 2. The molecule has 1 N–H and O–H groups in total. The third-order valence-electron chi connectivity index (χ3n) is 4.76. The number of nitrogens with zero attached hydrogens (tertiary/aromatic N) is 3. The molecule has 0 radical (unpaired) electrons. The summed E-state index contributed by atoms with van der Waals surface area (Å²) in [6, 6.07) is 8.05. The van der Waals surface area contributed by atoms with Crippen molar-refractivity contribution in [1.82, 2.24) is 4.90 Å². The average Bonchev–Trinajstić information content (AvgIpc) is 2.72. The predicted molar refractivity (Wildman–Crippen MR) is 112 cm³/mol. The second-order valence-electron chi connectivity index (χ2n) is 6.82. The van der Waals surface area contributed by atoms with Crippen molar-refractivity contribution in [2.75, 3.05) is 36.4 Å². The molecule has 170 valence electrons. The molecule has 2 aromatic rings. The quantitative estimate of drug-likeness (QED) is 0.507. The molecule has 0 saturated carbocycles. The molecule has 0 spiro atoms. The summed E-state index contributed by atoms with van der Waals surface area (Å²) in [7, 11) is 0. The molecule has 1 aliphatic rings. The third-order valence-corrected chi connectivity index (χ3v) is 5.38. The van der Waals surface area contributed by atoms with E-state index in [4.69, 9.17) is 23.2 Å². The summed E-state index contributed by atoms with van der Waals surface area (Å²) in [6.45, 7) is 0.106. The summed E-state index contributed by atoms with van der Waals surface area (Å²) in [5, 5.41) is 13.5. The van der Waals surface area contributed by atoms with Crippen LogP contribution in [0, 0.1) is 10.1 Å².